The zero-order valence-electron chi connectivity index (χ0n) is 33.2. The molecule has 58 heavy (non-hydrogen) atoms. The van der Waals surface area contributed by atoms with Gasteiger partial charge < -0.3 is 25.2 Å². The van der Waals surface area contributed by atoms with Crippen molar-refractivity contribution in [3.05, 3.63) is 90.0 Å². The molecule has 1 saturated carbocycles. The number of Topliss-reactive ketones (excluding diaryl/α,β-unsaturated/α-hetero) is 1. The predicted octanol–water partition coefficient (Wildman–Crippen LogP) is 7.50. The van der Waals surface area contributed by atoms with Crippen LogP contribution in [0.5, 0.6) is 6.01 Å². The van der Waals surface area contributed by atoms with Crippen LogP contribution in [0.3, 0.4) is 0 Å². The molecule has 0 aliphatic heterocycles. The maximum absolute atomic E-state index is 12.1. The van der Waals surface area contributed by atoms with Crippen molar-refractivity contribution in [3.8, 4) is 28.5 Å². The number of aromatic carboxylic acids is 1. The molecule has 3 aromatic carbocycles. The molecule has 0 amide bonds. The number of tetrazole rings is 1. The molecule has 0 unspecified atom stereocenters. The predicted molar refractivity (Wildman–Crippen MR) is 219 cm³/mol. The highest BCUT2D eigenvalue weighted by molar-refractivity contribution is 6.01. The number of ether oxygens (including phenoxy) is 1. The monoisotopic (exact) mass is 794 g/mol. The number of aromatic amines is 1. The summed E-state index contributed by atoms with van der Waals surface area (Å²) in [5.74, 6) is -1.51. The van der Waals surface area contributed by atoms with Gasteiger partial charge in [-0.2, -0.15) is 10.2 Å². The third-order valence-electron chi connectivity index (χ3n) is 10.4. The van der Waals surface area contributed by atoms with Crippen LogP contribution in [-0.4, -0.2) is 87.1 Å². The van der Waals surface area contributed by atoms with Crippen molar-refractivity contribution in [2.75, 3.05) is 6.61 Å². The lowest BCUT2D eigenvalue weighted by molar-refractivity contribution is -0.137. The van der Waals surface area contributed by atoms with E-state index in [2.05, 4.69) is 32.5 Å². The maximum Gasteiger partial charge on any atom is 0.337 e. The Balaban J connectivity index is 0.000000231. The molecule has 4 atom stereocenters. The number of aliphatic hydroxyl groups is 2. The van der Waals surface area contributed by atoms with Crippen LogP contribution in [0.2, 0.25) is 0 Å². The number of unbranched alkanes of at least 4 members (excludes halogenated alkanes) is 5. The molecule has 2 aromatic heterocycles. The minimum atomic E-state index is -1.00. The number of carbonyl (C=O) groups is 3. The van der Waals surface area contributed by atoms with Crippen molar-refractivity contribution in [3.63, 3.8) is 0 Å². The number of aromatic nitrogens is 6. The summed E-state index contributed by atoms with van der Waals surface area (Å²) in [5.41, 5.74) is 5.17. The van der Waals surface area contributed by atoms with Crippen molar-refractivity contribution >= 4 is 28.8 Å². The molecule has 14 heteroatoms. The van der Waals surface area contributed by atoms with Crippen LogP contribution in [0.25, 0.3) is 33.5 Å². The molecule has 5 N–H and O–H groups in total. The van der Waals surface area contributed by atoms with E-state index in [-0.39, 0.29) is 36.0 Å². The maximum atomic E-state index is 12.1. The first-order valence-corrected chi connectivity index (χ1v) is 20.2. The van der Waals surface area contributed by atoms with E-state index in [1.54, 1.807) is 24.3 Å². The molecule has 1 fully saturated rings. The standard InChI is InChI=1S/C24H20N6O3.C20H34O5/c1-2-33-24-25-20-9-5-8-19(23(31)32)21(20)30(24)14-15-10-12-16(13-11-15)17-6-3-4-7-18(17)22-26-28-29-27-22;1-2-3-6-9-15(21)12-13-17-16(18(22)14-19(17)23)10-7-4-5-8-11-20(24)25/h3-13H,2,14H2,1H3,(H,31,32)(H,26,27,28,29);12-13,15-17,19,21,23H,2-11,14H2,1H3,(H,24,25)/b;13-12+/t;15-,16+,17+,19+/m.0/s1. The number of carboxylic acids is 2. The Bertz CT molecular complexity index is 2110. The molecule has 5 aromatic rings. The van der Waals surface area contributed by atoms with Crippen LogP contribution in [-0.2, 0) is 16.1 Å². The molecule has 14 nitrogen and oxygen atoms in total. The number of ketones is 1. The Kier molecular flexibility index (Phi) is 16.2. The summed E-state index contributed by atoms with van der Waals surface area (Å²) in [7, 11) is 0. The lowest BCUT2D eigenvalue weighted by Crippen LogP contribution is -2.19. The summed E-state index contributed by atoms with van der Waals surface area (Å²) in [6, 6.07) is 21.4. The number of fused-ring (bicyclic) bond motifs is 1. The van der Waals surface area contributed by atoms with Crippen LogP contribution < -0.4 is 4.74 Å². The first-order valence-electron chi connectivity index (χ1n) is 20.2. The number of benzene rings is 3. The second kappa shape index (κ2) is 21.7. The van der Waals surface area contributed by atoms with Crippen LogP contribution >= 0.6 is 0 Å². The average Bonchev–Trinajstić information content (AvgIpc) is 3.94. The molecule has 6 rings (SSSR count). The number of nitrogens with zero attached hydrogens (tertiary/aromatic N) is 5. The molecule has 2 heterocycles. The van der Waals surface area contributed by atoms with Crippen LogP contribution in [0.4, 0.5) is 0 Å². The third kappa shape index (κ3) is 11.7. The third-order valence-corrected chi connectivity index (χ3v) is 10.4. The summed E-state index contributed by atoms with van der Waals surface area (Å²) >= 11 is 0. The van der Waals surface area contributed by atoms with Crippen molar-refractivity contribution < 1.29 is 39.5 Å². The van der Waals surface area contributed by atoms with Gasteiger partial charge in [-0.25, -0.2) is 4.79 Å². The van der Waals surface area contributed by atoms with Gasteiger partial charge in [-0.3, -0.25) is 14.2 Å². The van der Waals surface area contributed by atoms with E-state index in [1.807, 2.05) is 66.1 Å². The molecular formula is C44H54N6O8. The summed E-state index contributed by atoms with van der Waals surface area (Å²) in [5, 5.41) is 52.8. The number of hydrogen-bond acceptors (Lipinski definition) is 10. The molecule has 1 aliphatic carbocycles. The van der Waals surface area contributed by atoms with Crippen LogP contribution in [0.15, 0.2) is 78.9 Å². The fourth-order valence-corrected chi connectivity index (χ4v) is 7.44. The van der Waals surface area contributed by atoms with E-state index in [1.165, 1.54) is 0 Å². The Labute approximate surface area is 338 Å². The number of aliphatic hydroxyl groups excluding tert-OH is 2. The second-order valence-corrected chi connectivity index (χ2v) is 14.6. The number of rotatable bonds is 20. The van der Waals surface area contributed by atoms with Gasteiger partial charge >= 0.3 is 11.9 Å². The van der Waals surface area contributed by atoms with Crippen molar-refractivity contribution in [1.29, 1.82) is 0 Å². The SMILES string of the molecule is CCCCC[C@H](O)/C=C/[C@H]1[C@H](O)CC(=O)[C@@H]1CCCCCCC(=O)O.CCOc1nc2cccc(C(=O)O)c2n1Cc1ccc(-c2ccccc2-c2nn[nH]n2)cc1. The van der Waals surface area contributed by atoms with Gasteiger partial charge in [-0.15, -0.1) is 10.2 Å². The number of aliphatic carboxylic acids is 1. The molecule has 308 valence electrons. The number of imidazole rings is 1. The zero-order chi connectivity index (χ0) is 41.4. The Morgan fingerprint density at radius 2 is 1.71 bits per heavy atom. The topological polar surface area (TPSA) is 214 Å². The van der Waals surface area contributed by atoms with Crippen molar-refractivity contribution in [1.82, 2.24) is 30.2 Å². The number of carboxylic acid groups (broad SMARTS) is 2. The highest BCUT2D eigenvalue weighted by atomic mass is 16.5. The minimum absolute atomic E-state index is 0.105. The van der Waals surface area contributed by atoms with E-state index in [4.69, 9.17) is 9.84 Å². The largest absolute Gasteiger partial charge is 0.481 e. The van der Waals surface area contributed by atoms with E-state index < -0.39 is 24.1 Å². The first kappa shape index (κ1) is 43.4. The normalized spacial score (nSPS) is 17.0. The average molecular weight is 795 g/mol. The highest BCUT2D eigenvalue weighted by Crippen LogP contribution is 2.35. The van der Waals surface area contributed by atoms with E-state index >= 15 is 0 Å². The Morgan fingerprint density at radius 1 is 0.948 bits per heavy atom. The van der Waals surface area contributed by atoms with Gasteiger partial charge in [-0.1, -0.05) is 112 Å². The van der Waals surface area contributed by atoms with Gasteiger partial charge in [0, 0.05) is 30.2 Å². The molecular weight excluding hydrogens is 741 g/mol. The quantitative estimate of drug-likeness (QED) is 0.0383. The summed E-state index contributed by atoms with van der Waals surface area (Å²) in [4.78, 5) is 38.9. The lowest BCUT2D eigenvalue weighted by atomic mass is 9.88. The smallest absolute Gasteiger partial charge is 0.337 e. The fourth-order valence-electron chi connectivity index (χ4n) is 7.44. The summed E-state index contributed by atoms with van der Waals surface area (Å²) in [6.45, 7) is 4.84. The Morgan fingerprint density at radius 3 is 2.40 bits per heavy atom. The number of carbonyl (C=O) groups excluding carboxylic acids is 1. The van der Waals surface area contributed by atoms with E-state index in [0.717, 1.165) is 73.6 Å². The molecule has 0 saturated heterocycles. The highest BCUT2D eigenvalue weighted by Gasteiger charge is 2.39. The lowest BCUT2D eigenvalue weighted by Gasteiger charge is -2.18. The zero-order valence-corrected chi connectivity index (χ0v) is 33.2. The number of nitrogens with one attached hydrogen (secondary N) is 1. The van der Waals surface area contributed by atoms with Gasteiger partial charge in [0.15, 0.2) is 0 Å². The van der Waals surface area contributed by atoms with Crippen molar-refractivity contribution in [2.24, 2.45) is 11.8 Å². The first-order chi connectivity index (χ1) is 28.1. The van der Waals surface area contributed by atoms with E-state index in [9.17, 15) is 29.7 Å². The number of para-hydroxylation sites is 1. The van der Waals surface area contributed by atoms with E-state index in [0.29, 0.717) is 42.4 Å². The molecule has 1 aliphatic rings. The van der Waals surface area contributed by atoms with Crippen LogP contribution in [0, 0.1) is 11.8 Å². The Hall–Kier alpha value is -5.73. The summed E-state index contributed by atoms with van der Waals surface area (Å²) in [6.07, 6.45) is 10.7. The van der Waals surface area contributed by atoms with Gasteiger partial charge in [0.2, 0.25) is 5.82 Å². The number of hydrogen-bond donors (Lipinski definition) is 5. The molecule has 0 spiro atoms. The van der Waals surface area contributed by atoms with Gasteiger partial charge in [0.25, 0.3) is 6.01 Å². The fraction of sp³-hybridized carbons (Fsp3) is 0.432. The molecule has 0 bridgehead atoms. The van der Waals surface area contributed by atoms with Crippen molar-refractivity contribution in [2.45, 2.75) is 103 Å². The van der Waals surface area contributed by atoms with Gasteiger partial charge in [0.05, 0.1) is 42.0 Å². The second-order valence-electron chi connectivity index (χ2n) is 14.6. The van der Waals surface area contributed by atoms with Gasteiger partial charge in [-0.05, 0) is 60.2 Å². The summed E-state index contributed by atoms with van der Waals surface area (Å²) < 4.78 is 7.53. The molecule has 0 radical (unpaired) electrons. The van der Waals surface area contributed by atoms with Crippen LogP contribution in [0.1, 0.15) is 100 Å². The van der Waals surface area contributed by atoms with Gasteiger partial charge in [0.1, 0.15) is 5.78 Å². The minimum Gasteiger partial charge on any atom is -0.481 e. The number of H-pyrrole nitrogens is 1.